The minimum Gasteiger partial charge on any atom is -0.468 e. The summed E-state index contributed by atoms with van der Waals surface area (Å²) in [6.07, 6.45) is 1.33. The van der Waals surface area contributed by atoms with Crippen LogP contribution in [0.25, 0.3) is 0 Å². The van der Waals surface area contributed by atoms with Gasteiger partial charge in [0.25, 0.3) is 10.0 Å². The Morgan fingerprint density at radius 1 is 1.27 bits per heavy atom. The summed E-state index contributed by atoms with van der Waals surface area (Å²) < 4.78 is 32.0. The minimum atomic E-state index is -3.54. The van der Waals surface area contributed by atoms with Gasteiger partial charge < -0.3 is 9.64 Å². The Hall–Kier alpha value is -1.10. The zero-order valence-corrected chi connectivity index (χ0v) is 16.9. The fraction of sp³-hybridized carbons (Fsp3) is 0.625. The number of thiophene rings is 1. The molecule has 0 radical (unpaired) electrons. The Balaban J connectivity index is 1.67. The van der Waals surface area contributed by atoms with Crippen molar-refractivity contribution in [2.24, 2.45) is 5.92 Å². The van der Waals surface area contributed by atoms with Crippen molar-refractivity contribution in [3.05, 3.63) is 17.5 Å². The van der Waals surface area contributed by atoms with Crippen molar-refractivity contribution in [3.8, 4) is 0 Å². The number of piperidine rings is 1. The molecule has 3 heterocycles. The van der Waals surface area contributed by atoms with Crippen LogP contribution >= 0.6 is 23.1 Å². The monoisotopic (exact) mass is 418 g/mol. The Morgan fingerprint density at radius 2 is 2.08 bits per heavy atom. The van der Waals surface area contributed by atoms with Gasteiger partial charge in [-0.1, -0.05) is 6.07 Å². The molecular weight excluding hydrogens is 396 g/mol. The molecular formula is C16H22N2O5S3. The number of rotatable bonds is 4. The van der Waals surface area contributed by atoms with E-state index < -0.39 is 10.0 Å². The van der Waals surface area contributed by atoms with Crippen molar-refractivity contribution >= 4 is 45.0 Å². The van der Waals surface area contributed by atoms with Crippen molar-refractivity contribution in [2.75, 3.05) is 39.0 Å². The van der Waals surface area contributed by atoms with Gasteiger partial charge >= 0.3 is 5.97 Å². The van der Waals surface area contributed by atoms with E-state index in [1.54, 1.807) is 22.4 Å². The Morgan fingerprint density at radius 3 is 2.77 bits per heavy atom. The lowest BCUT2D eigenvalue weighted by Gasteiger charge is -2.37. The lowest BCUT2D eigenvalue weighted by molar-refractivity contribution is -0.142. The van der Waals surface area contributed by atoms with Crippen LogP contribution in [0.1, 0.15) is 12.8 Å². The van der Waals surface area contributed by atoms with E-state index in [0.29, 0.717) is 42.4 Å². The number of nitrogens with zero attached hydrogens (tertiary/aromatic N) is 2. The summed E-state index contributed by atoms with van der Waals surface area (Å²) in [5, 5.41) is 1.37. The highest BCUT2D eigenvalue weighted by atomic mass is 32.2. The van der Waals surface area contributed by atoms with E-state index in [4.69, 9.17) is 4.74 Å². The summed E-state index contributed by atoms with van der Waals surface area (Å²) in [6.45, 7) is 1.53. The van der Waals surface area contributed by atoms with E-state index in [1.165, 1.54) is 34.5 Å². The molecule has 10 heteroatoms. The molecule has 3 rings (SSSR count). The van der Waals surface area contributed by atoms with Crippen molar-refractivity contribution in [2.45, 2.75) is 22.3 Å². The van der Waals surface area contributed by atoms with Gasteiger partial charge in [-0.05, 0) is 24.3 Å². The molecule has 0 aromatic carbocycles. The molecule has 2 saturated heterocycles. The number of amides is 1. The van der Waals surface area contributed by atoms with Gasteiger partial charge in [0.1, 0.15) is 9.46 Å². The highest BCUT2D eigenvalue weighted by Gasteiger charge is 2.37. The van der Waals surface area contributed by atoms with Crippen molar-refractivity contribution in [3.63, 3.8) is 0 Å². The van der Waals surface area contributed by atoms with Crippen LogP contribution in [-0.2, 0) is 24.3 Å². The predicted octanol–water partition coefficient (Wildman–Crippen LogP) is 1.27. The van der Waals surface area contributed by atoms with Crippen LogP contribution in [0.3, 0.4) is 0 Å². The SMILES string of the molecule is COC(=O)[C@H]1CN(C(=O)[C@H]2CCCN(S(=O)(=O)c3cccs3)C2)CCS1. The quantitative estimate of drug-likeness (QED) is 0.685. The zero-order valence-electron chi connectivity index (χ0n) is 14.5. The van der Waals surface area contributed by atoms with Crippen LogP contribution in [0.2, 0.25) is 0 Å². The fourth-order valence-electron chi connectivity index (χ4n) is 3.28. The smallest absolute Gasteiger partial charge is 0.320 e. The second-order valence-electron chi connectivity index (χ2n) is 6.30. The molecule has 2 fully saturated rings. The third kappa shape index (κ3) is 4.08. The number of sulfonamides is 1. The van der Waals surface area contributed by atoms with E-state index in [2.05, 4.69) is 0 Å². The number of thioether (sulfide) groups is 1. The van der Waals surface area contributed by atoms with Gasteiger partial charge in [-0.15, -0.1) is 23.1 Å². The molecule has 0 bridgehead atoms. The molecule has 0 aliphatic carbocycles. The second-order valence-corrected chi connectivity index (χ2v) is 10.7. The highest BCUT2D eigenvalue weighted by molar-refractivity contribution is 8.00. The summed E-state index contributed by atoms with van der Waals surface area (Å²) in [6, 6.07) is 3.30. The third-order valence-electron chi connectivity index (χ3n) is 4.66. The van der Waals surface area contributed by atoms with Gasteiger partial charge in [0.2, 0.25) is 5.91 Å². The number of methoxy groups -OCH3 is 1. The molecule has 2 aliphatic rings. The lowest BCUT2D eigenvalue weighted by Crippen LogP contribution is -2.51. The van der Waals surface area contributed by atoms with Crippen LogP contribution in [0, 0.1) is 5.92 Å². The maximum atomic E-state index is 12.9. The van der Waals surface area contributed by atoms with E-state index in [0.717, 1.165) is 0 Å². The van der Waals surface area contributed by atoms with Crippen LogP contribution in [0.5, 0.6) is 0 Å². The summed E-state index contributed by atoms with van der Waals surface area (Å²) >= 11 is 2.68. The van der Waals surface area contributed by atoms with Gasteiger partial charge in [0.15, 0.2) is 0 Å². The van der Waals surface area contributed by atoms with Gasteiger partial charge in [0.05, 0.1) is 13.0 Å². The molecule has 7 nitrogen and oxygen atoms in total. The maximum absolute atomic E-state index is 12.9. The first-order valence-electron chi connectivity index (χ1n) is 8.45. The first kappa shape index (κ1) is 19.7. The molecule has 144 valence electrons. The largest absolute Gasteiger partial charge is 0.468 e. The van der Waals surface area contributed by atoms with Crippen LogP contribution in [0.4, 0.5) is 0 Å². The average Bonchev–Trinajstić information content (AvgIpc) is 3.22. The first-order valence-corrected chi connectivity index (χ1v) is 11.8. The van der Waals surface area contributed by atoms with E-state index in [9.17, 15) is 18.0 Å². The standard InChI is InChI=1S/C16H22N2O5S3/c1-23-16(20)13-11-17(7-9-24-13)15(19)12-4-2-6-18(10-12)26(21,22)14-5-3-8-25-14/h3,5,8,12-13H,2,4,6-7,9-11H2,1H3/t12-,13+/m0/s1. The number of carbonyl (C=O) groups excluding carboxylic acids is 2. The molecule has 0 unspecified atom stereocenters. The molecule has 1 aromatic heterocycles. The van der Waals surface area contributed by atoms with Crippen LogP contribution in [0.15, 0.2) is 21.7 Å². The Bertz CT molecular complexity index is 750. The molecule has 1 aromatic rings. The molecule has 0 saturated carbocycles. The Kier molecular flexibility index (Phi) is 6.26. The summed E-state index contributed by atoms with van der Waals surface area (Å²) in [5.74, 6) is -0.0710. The highest BCUT2D eigenvalue weighted by Crippen LogP contribution is 2.28. The van der Waals surface area contributed by atoms with Crippen molar-refractivity contribution in [1.82, 2.24) is 9.21 Å². The first-order chi connectivity index (χ1) is 12.4. The van der Waals surface area contributed by atoms with E-state index >= 15 is 0 Å². The fourth-order valence-corrected chi connectivity index (χ4v) is 7.08. The molecule has 26 heavy (non-hydrogen) atoms. The van der Waals surface area contributed by atoms with Gasteiger partial charge in [-0.2, -0.15) is 4.31 Å². The van der Waals surface area contributed by atoms with Gasteiger partial charge in [-0.25, -0.2) is 8.42 Å². The number of hydrogen-bond acceptors (Lipinski definition) is 7. The molecule has 2 atom stereocenters. The maximum Gasteiger partial charge on any atom is 0.320 e. The number of esters is 1. The number of ether oxygens (including phenoxy) is 1. The van der Waals surface area contributed by atoms with Crippen LogP contribution in [-0.4, -0.2) is 73.8 Å². The minimum absolute atomic E-state index is 0.0646. The zero-order chi connectivity index (χ0) is 18.7. The third-order valence-corrected chi connectivity index (χ3v) is 9.07. The summed E-state index contributed by atoms with van der Waals surface area (Å²) in [5.41, 5.74) is 0. The second kappa shape index (κ2) is 8.28. The van der Waals surface area contributed by atoms with E-state index in [1.807, 2.05) is 0 Å². The van der Waals surface area contributed by atoms with Gasteiger partial charge in [-0.3, -0.25) is 9.59 Å². The summed E-state index contributed by atoms with van der Waals surface area (Å²) in [7, 11) is -2.20. The van der Waals surface area contributed by atoms with Crippen molar-refractivity contribution < 1.29 is 22.7 Å². The molecule has 0 N–H and O–H groups in total. The normalized spacial score (nSPS) is 25.0. The summed E-state index contributed by atoms with van der Waals surface area (Å²) in [4.78, 5) is 26.4. The molecule has 0 spiro atoms. The average molecular weight is 419 g/mol. The number of carbonyl (C=O) groups is 2. The lowest BCUT2D eigenvalue weighted by atomic mass is 9.98. The van der Waals surface area contributed by atoms with Crippen molar-refractivity contribution in [1.29, 1.82) is 0 Å². The molecule has 2 aliphatic heterocycles. The van der Waals surface area contributed by atoms with E-state index in [-0.39, 0.29) is 29.6 Å². The number of hydrogen-bond donors (Lipinski definition) is 0. The Labute approximate surface area is 161 Å². The van der Waals surface area contributed by atoms with Crippen LogP contribution < -0.4 is 0 Å². The predicted molar refractivity (Wildman–Crippen MR) is 101 cm³/mol. The topological polar surface area (TPSA) is 84.0 Å². The molecule has 1 amide bonds. The van der Waals surface area contributed by atoms with Gasteiger partial charge in [0, 0.05) is 31.9 Å².